The minimum atomic E-state index is -3.19. The van der Waals surface area contributed by atoms with Crippen LogP contribution in [0.1, 0.15) is 6.92 Å². The second-order valence-electron chi connectivity index (χ2n) is 2.41. The standard InChI is InChI=1S/C5H13NO3S/c1-4(6)5(3-7)10(2,8)9/h4-5,7H,3,6H2,1-2H3/t4-,5+/m1/s1. The molecule has 62 valence electrons. The minimum absolute atomic E-state index is 0.406. The molecule has 0 amide bonds. The van der Waals surface area contributed by atoms with E-state index in [4.69, 9.17) is 10.8 Å². The largest absolute Gasteiger partial charge is 0.395 e. The highest BCUT2D eigenvalue weighted by Gasteiger charge is 2.23. The molecule has 0 unspecified atom stereocenters. The molecule has 0 fully saturated rings. The Hall–Kier alpha value is -0.130. The number of aliphatic hydroxyl groups is 1. The van der Waals surface area contributed by atoms with E-state index in [-0.39, 0.29) is 0 Å². The van der Waals surface area contributed by atoms with E-state index in [9.17, 15) is 8.42 Å². The van der Waals surface area contributed by atoms with Gasteiger partial charge in [0.15, 0.2) is 9.84 Å². The van der Waals surface area contributed by atoms with Crippen LogP contribution in [0.3, 0.4) is 0 Å². The maximum absolute atomic E-state index is 10.8. The summed E-state index contributed by atoms with van der Waals surface area (Å²) in [7, 11) is -3.19. The first-order valence-corrected chi connectivity index (χ1v) is 4.90. The Morgan fingerprint density at radius 1 is 1.60 bits per heavy atom. The highest BCUT2D eigenvalue weighted by atomic mass is 32.2. The fourth-order valence-electron chi connectivity index (χ4n) is 0.692. The molecule has 0 spiro atoms. The summed E-state index contributed by atoms with van der Waals surface area (Å²) in [5.41, 5.74) is 5.29. The summed E-state index contributed by atoms with van der Waals surface area (Å²) in [6.07, 6.45) is 1.07. The molecular weight excluding hydrogens is 154 g/mol. The second-order valence-corrected chi connectivity index (χ2v) is 4.67. The Kier molecular flexibility index (Phi) is 3.27. The van der Waals surface area contributed by atoms with Crippen LogP contribution in [-0.2, 0) is 9.84 Å². The Morgan fingerprint density at radius 2 is 2.00 bits per heavy atom. The number of sulfone groups is 1. The quantitative estimate of drug-likeness (QED) is 0.549. The molecular formula is C5H13NO3S. The van der Waals surface area contributed by atoms with Crippen molar-refractivity contribution in [2.24, 2.45) is 5.73 Å². The van der Waals surface area contributed by atoms with E-state index >= 15 is 0 Å². The van der Waals surface area contributed by atoms with Crippen molar-refractivity contribution in [1.29, 1.82) is 0 Å². The lowest BCUT2D eigenvalue weighted by molar-refractivity contribution is 0.280. The number of nitrogens with two attached hydrogens (primary N) is 1. The first kappa shape index (κ1) is 9.87. The van der Waals surface area contributed by atoms with Crippen molar-refractivity contribution in [3.63, 3.8) is 0 Å². The Bertz CT molecular complexity index is 185. The first-order valence-electron chi connectivity index (χ1n) is 2.95. The zero-order valence-corrected chi connectivity index (χ0v) is 6.93. The van der Waals surface area contributed by atoms with Gasteiger partial charge in [0.1, 0.15) is 0 Å². The van der Waals surface area contributed by atoms with Crippen LogP contribution in [0, 0.1) is 0 Å². The highest BCUT2D eigenvalue weighted by Crippen LogP contribution is 2.01. The number of aliphatic hydroxyl groups excluding tert-OH is 1. The lowest BCUT2D eigenvalue weighted by Gasteiger charge is -2.14. The lowest BCUT2D eigenvalue weighted by atomic mass is 10.3. The molecule has 0 aliphatic rings. The van der Waals surface area contributed by atoms with Crippen molar-refractivity contribution in [2.75, 3.05) is 12.9 Å². The molecule has 2 atom stereocenters. The van der Waals surface area contributed by atoms with Crippen LogP contribution in [0.25, 0.3) is 0 Å². The normalized spacial score (nSPS) is 18.4. The molecule has 0 saturated carbocycles. The van der Waals surface area contributed by atoms with Gasteiger partial charge in [-0.3, -0.25) is 0 Å². The van der Waals surface area contributed by atoms with Crippen molar-refractivity contribution in [1.82, 2.24) is 0 Å². The topological polar surface area (TPSA) is 80.4 Å². The van der Waals surface area contributed by atoms with Crippen molar-refractivity contribution >= 4 is 9.84 Å². The van der Waals surface area contributed by atoms with E-state index in [1.165, 1.54) is 0 Å². The molecule has 0 aliphatic heterocycles. The maximum atomic E-state index is 10.8. The molecule has 5 heteroatoms. The minimum Gasteiger partial charge on any atom is -0.395 e. The zero-order valence-electron chi connectivity index (χ0n) is 6.11. The van der Waals surface area contributed by atoms with Gasteiger partial charge < -0.3 is 10.8 Å². The van der Waals surface area contributed by atoms with Crippen LogP contribution in [0.5, 0.6) is 0 Å². The summed E-state index contributed by atoms with van der Waals surface area (Å²) in [6, 6.07) is -0.514. The number of rotatable bonds is 3. The molecule has 3 N–H and O–H groups in total. The molecule has 0 aromatic rings. The van der Waals surface area contributed by atoms with E-state index in [1.54, 1.807) is 6.92 Å². The van der Waals surface area contributed by atoms with Gasteiger partial charge in [-0.2, -0.15) is 0 Å². The molecule has 4 nitrogen and oxygen atoms in total. The number of hydrogen-bond donors (Lipinski definition) is 2. The summed E-state index contributed by atoms with van der Waals surface area (Å²) in [4.78, 5) is 0. The fraction of sp³-hybridized carbons (Fsp3) is 1.00. The van der Waals surface area contributed by atoms with Gasteiger partial charge in [-0.1, -0.05) is 0 Å². The third-order valence-electron chi connectivity index (χ3n) is 1.32. The van der Waals surface area contributed by atoms with Crippen LogP contribution in [0.2, 0.25) is 0 Å². The molecule has 0 saturated heterocycles. The van der Waals surface area contributed by atoms with Crippen molar-refractivity contribution < 1.29 is 13.5 Å². The average Bonchev–Trinajstić information content (AvgIpc) is 1.60. The van der Waals surface area contributed by atoms with Crippen molar-refractivity contribution in [3.05, 3.63) is 0 Å². The highest BCUT2D eigenvalue weighted by molar-refractivity contribution is 7.91. The predicted octanol–water partition coefficient (Wildman–Crippen LogP) is -1.26. The van der Waals surface area contributed by atoms with Crippen LogP contribution < -0.4 is 5.73 Å². The van der Waals surface area contributed by atoms with E-state index < -0.39 is 27.7 Å². The molecule has 0 radical (unpaired) electrons. The molecule has 0 aromatic carbocycles. The summed E-state index contributed by atoms with van der Waals surface area (Å²) < 4.78 is 21.5. The van der Waals surface area contributed by atoms with Gasteiger partial charge in [0.2, 0.25) is 0 Å². The van der Waals surface area contributed by atoms with Gasteiger partial charge in [0.05, 0.1) is 11.9 Å². The van der Waals surface area contributed by atoms with Gasteiger partial charge in [-0.15, -0.1) is 0 Å². The maximum Gasteiger partial charge on any atom is 0.154 e. The number of hydrogen-bond acceptors (Lipinski definition) is 4. The van der Waals surface area contributed by atoms with Crippen LogP contribution in [0.15, 0.2) is 0 Å². The van der Waals surface area contributed by atoms with Gasteiger partial charge in [0.25, 0.3) is 0 Å². The Labute approximate surface area is 61.0 Å². The van der Waals surface area contributed by atoms with E-state index in [1.807, 2.05) is 0 Å². The third-order valence-corrected chi connectivity index (χ3v) is 2.99. The van der Waals surface area contributed by atoms with E-state index in [0.29, 0.717) is 0 Å². The third kappa shape index (κ3) is 2.64. The summed E-state index contributed by atoms with van der Waals surface area (Å²) in [5, 5.41) is 7.75. The molecule has 0 rings (SSSR count). The lowest BCUT2D eigenvalue weighted by Crippen LogP contribution is -2.40. The van der Waals surface area contributed by atoms with Crippen LogP contribution >= 0.6 is 0 Å². The van der Waals surface area contributed by atoms with Crippen LogP contribution in [0.4, 0.5) is 0 Å². The smallest absolute Gasteiger partial charge is 0.154 e. The van der Waals surface area contributed by atoms with Crippen LogP contribution in [-0.4, -0.2) is 37.7 Å². The van der Waals surface area contributed by atoms with Gasteiger partial charge >= 0.3 is 0 Å². The van der Waals surface area contributed by atoms with Gasteiger partial charge in [-0.05, 0) is 6.92 Å². The van der Waals surface area contributed by atoms with Crippen molar-refractivity contribution in [3.8, 4) is 0 Å². The van der Waals surface area contributed by atoms with Gasteiger partial charge in [-0.25, -0.2) is 8.42 Å². The zero-order chi connectivity index (χ0) is 8.36. The van der Waals surface area contributed by atoms with E-state index in [0.717, 1.165) is 6.26 Å². The summed E-state index contributed by atoms with van der Waals surface area (Å²) in [6.45, 7) is 1.15. The molecule has 0 bridgehead atoms. The second kappa shape index (κ2) is 3.32. The average molecular weight is 167 g/mol. The van der Waals surface area contributed by atoms with Crippen molar-refractivity contribution in [2.45, 2.75) is 18.2 Å². The molecule has 0 aliphatic carbocycles. The molecule has 0 heterocycles. The van der Waals surface area contributed by atoms with Gasteiger partial charge in [0, 0.05) is 12.3 Å². The SMILES string of the molecule is C[C@@H](N)[C@H](CO)S(C)(=O)=O. The fourth-order valence-corrected chi connectivity index (χ4v) is 1.74. The molecule has 0 aromatic heterocycles. The predicted molar refractivity (Wildman–Crippen MR) is 39.4 cm³/mol. The Balaban J connectivity index is 4.38. The summed E-state index contributed by atoms with van der Waals surface area (Å²) >= 11 is 0. The van der Waals surface area contributed by atoms with E-state index in [2.05, 4.69) is 0 Å². The molecule has 10 heavy (non-hydrogen) atoms. The summed E-state index contributed by atoms with van der Waals surface area (Å²) in [5.74, 6) is 0. The Morgan fingerprint density at radius 3 is 2.00 bits per heavy atom. The first-order chi connectivity index (χ1) is 4.39. The monoisotopic (exact) mass is 167 g/mol.